The first-order chi connectivity index (χ1) is 16.1. The molecule has 0 aliphatic carbocycles. The van der Waals surface area contributed by atoms with Gasteiger partial charge in [0, 0.05) is 37.4 Å². The van der Waals surface area contributed by atoms with Crippen LogP contribution < -0.4 is 25.4 Å². The summed E-state index contributed by atoms with van der Waals surface area (Å²) in [5, 5.41) is 8.77. The predicted molar refractivity (Wildman–Crippen MR) is 124 cm³/mol. The van der Waals surface area contributed by atoms with Gasteiger partial charge in [-0.2, -0.15) is 0 Å². The first-order valence-corrected chi connectivity index (χ1v) is 11.0. The maximum absolute atomic E-state index is 12.9. The highest BCUT2D eigenvalue weighted by Gasteiger charge is 2.17. The van der Waals surface area contributed by atoms with E-state index in [1.807, 2.05) is 30.3 Å². The second-order valence-electron chi connectivity index (χ2n) is 7.87. The van der Waals surface area contributed by atoms with Crippen LogP contribution in [0, 0.1) is 0 Å². The molecule has 0 radical (unpaired) electrons. The maximum Gasteiger partial charge on any atom is 0.257 e. The summed E-state index contributed by atoms with van der Waals surface area (Å²) in [6.07, 6.45) is 2.01. The van der Waals surface area contributed by atoms with E-state index in [9.17, 15) is 9.59 Å². The third kappa shape index (κ3) is 6.45. The summed E-state index contributed by atoms with van der Waals surface area (Å²) in [6.45, 7) is 4.08. The predicted octanol–water partition coefficient (Wildman–Crippen LogP) is 2.47. The fourth-order valence-electron chi connectivity index (χ4n) is 3.53. The zero-order valence-corrected chi connectivity index (χ0v) is 18.6. The van der Waals surface area contributed by atoms with Gasteiger partial charge in [-0.3, -0.25) is 14.9 Å². The van der Waals surface area contributed by atoms with Crippen LogP contribution in [0.5, 0.6) is 11.5 Å². The number of nitrogens with one attached hydrogen (secondary N) is 3. The summed E-state index contributed by atoms with van der Waals surface area (Å²) in [4.78, 5) is 28.5. The summed E-state index contributed by atoms with van der Waals surface area (Å²) in [7, 11) is 0. The number of carbonyl (C=O) groups excluding carboxylic acids is 2. The molecule has 2 aromatic rings. The van der Waals surface area contributed by atoms with Crippen molar-refractivity contribution in [2.75, 3.05) is 31.7 Å². The van der Waals surface area contributed by atoms with E-state index < -0.39 is 0 Å². The molecule has 0 bridgehead atoms. The Hall–Kier alpha value is -3.59. The van der Waals surface area contributed by atoms with Crippen LogP contribution >= 0.6 is 0 Å². The molecule has 2 amide bonds. The van der Waals surface area contributed by atoms with E-state index in [-0.39, 0.29) is 17.9 Å². The zero-order valence-electron chi connectivity index (χ0n) is 18.6. The van der Waals surface area contributed by atoms with Gasteiger partial charge in [0.2, 0.25) is 11.9 Å². The van der Waals surface area contributed by atoms with Gasteiger partial charge >= 0.3 is 0 Å². The molecule has 1 unspecified atom stereocenters. The summed E-state index contributed by atoms with van der Waals surface area (Å²) in [5.41, 5.74) is 2.11. The molecule has 3 N–H and O–H groups in total. The Morgan fingerprint density at radius 3 is 2.55 bits per heavy atom. The van der Waals surface area contributed by atoms with Crippen molar-refractivity contribution in [1.29, 1.82) is 0 Å². The van der Waals surface area contributed by atoms with Crippen LogP contribution in [0.3, 0.4) is 0 Å². The lowest BCUT2D eigenvalue weighted by Crippen LogP contribution is -2.36. The number of hydrogen-bond donors (Lipinski definition) is 3. The molecule has 1 atom stereocenters. The molecule has 174 valence electrons. The van der Waals surface area contributed by atoms with Crippen LogP contribution in [0.1, 0.15) is 35.7 Å². The van der Waals surface area contributed by atoms with Crippen molar-refractivity contribution >= 4 is 23.5 Å². The van der Waals surface area contributed by atoms with Gasteiger partial charge in [0.25, 0.3) is 5.91 Å². The SMILES string of the molecule is CC(=O)NCc1ccc(C(=O)NC(=NCC2CCCO2)Nc2ccc3c(c2)OCCO3)cc1. The third-order valence-corrected chi connectivity index (χ3v) is 5.27. The van der Waals surface area contributed by atoms with E-state index in [1.54, 1.807) is 12.1 Å². The van der Waals surface area contributed by atoms with Gasteiger partial charge in [-0.25, -0.2) is 4.99 Å². The number of hydrogen-bond acceptors (Lipinski definition) is 6. The zero-order chi connectivity index (χ0) is 23.0. The van der Waals surface area contributed by atoms with E-state index in [2.05, 4.69) is 20.9 Å². The van der Waals surface area contributed by atoms with Crippen molar-refractivity contribution in [3.63, 3.8) is 0 Å². The number of guanidine groups is 1. The highest BCUT2D eigenvalue weighted by atomic mass is 16.6. The minimum atomic E-state index is -0.294. The molecule has 9 nitrogen and oxygen atoms in total. The molecule has 0 aromatic heterocycles. The molecule has 2 heterocycles. The minimum absolute atomic E-state index is 0.0482. The van der Waals surface area contributed by atoms with E-state index in [4.69, 9.17) is 14.2 Å². The normalized spacial score (nSPS) is 17.4. The topological polar surface area (TPSA) is 110 Å². The molecule has 2 aromatic carbocycles. The first-order valence-electron chi connectivity index (χ1n) is 11.0. The third-order valence-electron chi connectivity index (χ3n) is 5.27. The maximum atomic E-state index is 12.9. The fraction of sp³-hybridized carbons (Fsp3) is 0.375. The average Bonchev–Trinajstić information content (AvgIpc) is 3.35. The molecule has 1 fully saturated rings. The molecule has 1 saturated heterocycles. The Balaban J connectivity index is 1.45. The number of amides is 2. The fourth-order valence-corrected chi connectivity index (χ4v) is 3.53. The number of fused-ring (bicyclic) bond motifs is 1. The lowest BCUT2D eigenvalue weighted by molar-refractivity contribution is -0.119. The van der Waals surface area contributed by atoms with Gasteiger partial charge in [-0.15, -0.1) is 0 Å². The number of anilines is 1. The van der Waals surface area contributed by atoms with E-state index in [0.29, 0.717) is 49.3 Å². The number of aliphatic imine (C=N–C) groups is 1. The van der Waals surface area contributed by atoms with Crippen LogP contribution in [0.4, 0.5) is 5.69 Å². The molecule has 4 rings (SSSR count). The largest absolute Gasteiger partial charge is 0.486 e. The molecule has 0 saturated carbocycles. The average molecular weight is 453 g/mol. The van der Waals surface area contributed by atoms with Crippen LogP contribution in [0.25, 0.3) is 0 Å². The number of carbonyl (C=O) groups is 2. The van der Waals surface area contributed by atoms with Gasteiger partial charge in [-0.1, -0.05) is 12.1 Å². The second-order valence-corrected chi connectivity index (χ2v) is 7.87. The Morgan fingerprint density at radius 2 is 1.82 bits per heavy atom. The Labute approximate surface area is 192 Å². The first kappa shape index (κ1) is 22.6. The van der Waals surface area contributed by atoms with Crippen molar-refractivity contribution in [2.24, 2.45) is 4.99 Å². The molecular formula is C24H28N4O5. The second kappa shape index (κ2) is 10.8. The minimum Gasteiger partial charge on any atom is -0.486 e. The molecule has 9 heteroatoms. The monoisotopic (exact) mass is 452 g/mol. The quantitative estimate of drug-likeness (QED) is 0.459. The molecular weight excluding hydrogens is 424 g/mol. The number of nitrogens with zero attached hydrogens (tertiary/aromatic N) is 1. The lowest BCUT2D eigenvalue weighted by atomic mass is 10.1. The van der Waals surface area contributed by atoms with Crippen LogP contribution in [-0.2, 0) is 16.1 Å². The van der Waals surface area contributed by atoms with Crippen molar-refractivity contribution < 1.29 is 23.8 Å². The van der Waals surface area contributed by atoms with E-state index in [0.717, 1.165) is 30.7 Å². The smallest absolute Gasteiger partial charge is 0.257 e. The highest BCUT2D eigenvalue weighted by Crippen LogP contribution is 2.32. The number of ether oxygens (including phenoxy) is 3. The van der Waals surface area contributed by atoms with Gasteiger partial charge in [-0.05, 0) is 42.7 Å². The highest BCUT2D eigenvalue weighted by molar-refractivity contribution is 6.10. The summed E-state index contributed by atoms with van der Waals surface area (Å²) in [6, 6.07) is 12.5. The van der Waals surface area contributed by atoms with Gasteiger partial charge in [0.1, 0.15) is 13.2 Å². The van der Waals surface area contributed by atoms with Gasteiger partial charge < -0.3 is 24.8 Å². The summed E-state index contributed by atoms with van der Waals surface area (Å²) in [5.74, 6) is 1.26. The van der Waals surface area contributed by atoms with Gasteiger partial charge in [0.05, 0.1) is 12.6 Å². The summed E-state index contributed by atoms with van der Waals surface area (Å²) >= 11 is 0. The lowest BCUT2D eigenvalue weighted by Gasteiger charge is -2.19. The van der Waals surface area contributed by atoms with Crippen molar-refractivity contribution in [3.8, 4) is 11.5 Å². The van der Waals surface area contributed by atoms with Crippen molar-refractivity contribution in [2.45, 2.75) is 32.4 Å². The summed E-state index contributed by atoms with van der Waals surface area (Å²) < 4.78 is 16.9. The Bertz CT molecular complexity index is 1020. The number of benzene rings is 2. The van der Waals surface area contributed by atoms with Gasteiger partial charge in [0.15, 0.2) is 11.5 Å². The molecule has 2 aliphatic rings. The van der Waals surface area contributed by atoms with Crippen LogP contribution in [-0.4, -0.2) is 50.2 Å². The Morgan fingerprint density at radius 1 is 1.03 bits per heavy atom. The standard InChI is InChI=1S/C24H28N4O5/c1-16(29)25-14-17-4-6-18(7-5-17)23(30)28-24(26-15-20-3-2-10-31-20)27-19-8-9-21-22(13-19)33-12-11-32-21/h4-9,13,20H,2-3,10-12,14-15H2,1H3,(H,25,29)(H2,26,27,28,30). The van der Waals surface area contributed by atoms with Crippen molar-refractivity contribution in [3.05, 3.63) is 53.6 Å². The van der Waals surface area contributed by atoms with Crippen molar-refractivity contribution in [1.82, 2.24) is 10.6 Å². The van der Waals surface area contributed by atoms with E-state index in [1.165, 1.54) is 6.92 Å². The molecule has 33 heavy (non-hydrogen) atoms. The van der Waals surface area contributed by atoms with Crippen LogP contribution in [0.15, 0.2) is 47.5 Å². The van der Waals surface area contributed by atoms with E-state index >= 15 is 0 Å². The Kier molecular flexibility index (Phi) is 7.41. The van der Waals surface area contributed by atoms with Crippen LogP contribution in [0.2, 0.25) is 0 Å². The molecule has 0 spiro atoms. The number of rotatable bonds is 6. The molecule has 2 aliphatic heterocycles.